The van der Waals surface area contributed by atoms with E-state index in [1.165, 1.54) is 7.11 Å². The maximum atomic E-state index is 14.9. The van der Waals surface area contributed by atoms with Gasteiger partial charge in [0.05, 0.1) is 32.2 Å². The second kappa shape index (κ2) is 10.1. The molecule has 1 saturated heterocycles. The van der Waals surface area contributed by atoms with Gasteiger partial charge in [-0.05, 0) is 33.7 Å². The molecule has 4 rings (SSSR count). The number of ether oxygens (including phenoxy) is 2. The standard InChI is InChI=1S/C22H33FN10O3/c1-22(2,3)36-21(34)27-14-10-32(9-13(14)23)20-28-17(16-18(29-20)31(4)12-25-16)26-15-11-33(8-6-7-24)30-19(15)35-5/h11-14H,6-10,24H2,1-5H3,(H,27,34)(H,26,28,29)/t13-,14?/m1/s1. The van der Waals surface area contributed by atoms with E-state index < -0.39 is 23.9 Å². The maximum absolute atomic E-state index is 14.9. The lowest BCUT2D eigenvalue weighted by atomic mass is 10.2. The number of methoxy groups -OCH3 is 1. The maximum Gasteiger partial charge on any atom is 0.408 e. The molecule has 1 aliphatic rings. The number of rotatable bonds is 8. The highest BCUT2D eigenvalue weighted by atomic mass is 19.1. The van der Waals surface area contributed by atoms with Gasteiger partial charge in [0.2, 0.25) is 5.95 Å². The highest BCUT2D eigenvalue weighted by Gasteiger charge is 2.36. The van der Waals surface area contributed by atoms with Crippen LogP contribution in [0.2, 0.25) is 0 Å². The number of alkyl carbamates (subject to hydrolysis) is 1. The first-order chi connectivity index (χ1) is 17.1. The van der Waals surface area contributed by atoms with Crippen molar-refractivity contribution < 1.29 is 18.7 Å². The number of halogens is 1. The molecule has 3 aromatic rings. The summed E-state index contributed by atoms with van der Waals surface area (Å²) in [5, 5.41) is 10.3. The van der Waals surface area contributed by atoms with Crippen LogP contribution < -0.4 is 26.0 Å². The SMILES string of the molecule is COc1nn(CCCN)cc1Nc1nc(N2CC(NC(=O)OC(C)(C)C)[C@H](F)C2)nc2c1ncn2C. The number of alkyl halides is 1. The van der Waals surface area contributed by atoms with Crippen molar-refractivity contribution in [3.63, 3.8) is 0 Å². The van der Waals surface area contributed by atoms with Gasteiger partial charge < -0.3 is 35.3 Å². The molecule has 0 aromatic carbocycles. The van der Waals surface area contributed by atoms with Gasteiger partial charge in [0.1, 0.15) is 17.5 Å². The van der Waals surface area contributed by atoms with E-state index in [4.69, 9.17) is 15.2 Å². The second-order valence-corrected chi connectivity index (χ2v) is 9.66. The number of hydrogen-bond acceptors (Lipinski definition) is 10. The number of anilines is 3. The van der Waals surface area contributed by atoms with Gasteiger partial charge in [-0.1, -0.05) is 0 Å². The van der Waals surface area contributed by atoms with Gasteiger partial charge in [-0.15, -0.1) is 5.10 Å². The summed E-state index contributed by atoms with van der Waals surface area (Å²) < 4.78 is 29.1. The summed E-state index contributed by atoms with van der Waals surface area (Å²) in [6.07, 6.45) is 2.22. The summed E-state index contributed by atoms with van der Waals surface area (Å²) in [4.78, 5) is 27.5. The summed E-state index contributed by atoms with van der Waals surface area (Å²) >= 11 is 0. The first-order valence-electron chi connectivity index (χ1n) is 11.7. The molecule has 0 bridgehead atoms. The summed E-state index contributed by atoms with van der Waals surface area (Å²) in [6, 6.07) is -0.761. The van der Waals surface area contributed by atoms with Crippen LogP contribution in [0.15, 0.2) is 12.5 Å². The number of aryl methyl sites for hydroxylation is 2. The lowest BCUT2D eigenvalue weighted by molar-refractivity contribution is 0.0490. The molecule has 4 N–H and O–H groups in total. The number of aromatic nitrogens is 6. The Labute approximate surface area is 208 Å². The van der Waals surface area contributed by atoms with Gasteiger partial charge in [0.15, 0.2) is 17.0 Å². The Bertz CT molecular complexity index is 1220. The van der Waals surface area contributed by atoms with E-state index in [1.807, 2.05) is 7.05 Å². The van der Waals surface area contributed by atoms with Gasteiger partial charge in [-0.25, -0.2) is 14.2 Å². The molecule has 1 unspecified atom stereocenters. The minimum absolute atomic E-state index is 0.0175. The van der Waals surface area contributed by atoms with Crippen molar-refractivity contribution in [3.05, 3.63) is 12.5 Å². The summed E-state index contributed by atoms with van der Waals surface area (Å²) in [5.74, 6) is 1.12. The molecule has 1 aliphatic heterocycles. The Morgan fingerprint density at radius 3 is 2.78 bits per heavy atom. The number of nitrogens with two attached hydrogens (primary N) is 1. The number of nitrogens with zero attached hydrogens (tertiary/aromatic N) is 7. The van der Waals surface area contributed by atoms with Crippen molar-refractivity contribution in [3.8, 4) is 5.88 Å². The van der Waals surface area contributed by atoms with Gasteiger partial charge in [0, 0.05) is 20.1 Å². The highest BCUT2D eigenvalue weighted by molar-refractivity contribution is 5.87. The van der Waals surface area contributed by atoms with Crippen molar-refractivity contribution in [2.45, 2.75) is 51.6 Å². The van der Waals surface area contributed by atoms with E-state index in [2.05, 4.69) is 30.7 Å². The third kappa shape index (κ3) is 5.58. The number of hydrogen-bond donors (Lipinski definition) is 3. The molecule has 4 heterocycles. The molecular formula is C22H33FN10O3. The Balaban J connectivity index is 1.59. The van der Waals surface area contributed by atoms with E-state index in [9.17, 15) is 9.18 Å². The first kappa shape index (κ1) is 25.4. The minimum atomic E-state index is -1.32. The fourth-order valence-electron chi connectivity index (χ4n) is 3.88. The van der Waals surface area contributed by atoms with Crippen LogP contribution in [0, 0.1) is 0 Å². The van der Waals surface area contributed by atoms with Crippen LogP contribution in [-0.2, 0) is 18.3 Å². The predicted molar refractivity (Wildman–Crippen MR) is 132 cm³/mol. The number of carbonyl (C=O) groups excluding carboxylic acids is 1. The lowest BCUT2D eigenvalue weighted by Gasteiger charge is -2.22. The van der Waals surface area contributed by atoms with E-state index >= 15 is 0 Å². The van der Waals surface area contributed by atoms with Crippen molar-refractivity contribution in [2.75, 3.05) is 37.0 Å². The summed E-state index contributed by atoms with van der Waals surface area (Å²) in [7, 11) is 3.35. The van der Waals surface area contributed by atoms with Crippen LogP contribution in [0.25, 0.3) is 11.2 Å². The number of amides is 1. The highest BCUT2D eigenvalue weighted by Crippen LogP contribution is 2.31. The Hall–Kier alpha value is -3.68. The number of carbonyl (C=O) groups is 1. The van der Waals surface area contributed by atoms with Crippen LogP contribution >= 0.6 is 0 Å². The third-order valence-corrected chi connectivity index (χ3v) is 5.55. The summed E-state index contributed by atoms with van der Waals surface area (Å²) in [6.45, 7) is 6.64. The van der Waals surface area contributed by atoms with Gasteiger partial charge in [-0.3, -0.25) is 4.68 Å². The molecule has 36 heavy (non-hydrogen) atoms. The van der Waals surface area contributed by atoms with E-state index in [1.54, 1.807) is 47.4 Å². The van der Waals surface area contributed by atoms with E-state index in [0.29, 0.717) is 47.6 Å². The normalized spacial score (nSPS) is 18.0. The Morgan fingerprint density at radius 1 is 1.31 bits per heavy atom. The van der Waals surface area contributed by atoms with Crippen LogP contribution in [0.3, 0.4) is 0 Å². The van der Waals surface area contributed by atoms with Crippen LogP contribution in [0.5, 0.6) is 5.88 Å². The molecule has 1 fully saturated rings. The molecule has 1 amide bonds. The molecule has 0 spiro atoms. The molecule has 0 radical (unpaired) electrons. The zero-order valence-corrected chi connectivity index (χ0v) is 21.2. The molecule has 2 atom stereocenters. The number of nitrogens with one attached hydrogen (secondary N) is 2. The third-order valence-electron chi connectivity index (χ3n) is 5.55. The number of imidazole rings is 1. The topological polar surface area (TPSA) is 150 Å². The van der Waals surface area contributed by atoms with Gasteiger partial charge in [-0.2, -0.15) is 9.97 Å². The molecule has 196 valence electrons. The average Bonchev–Trinajstić information content (AvgIpc) is 3.48. The lowest BCUT2D eigenvalue weighted by Crippen LogP contribution is -2.44. The van der Waals surface area contributed by atoms with Gasteiger partial charge >= 0.3 is 6.09 Å². The average molecular weight is 505 g/mol. The Morgan fingerprint density at radius 2 is 2.08 bits per heavy atom. The molecule has 3 aromatic heterocycles. The fraction of sp³-hybridized carbons (Fsp3) is 0.591. The van der Waals surface area contributed by atoms with Crippen LogP contribution in [0.1, 0.15) is 27.2 Å². The molecule has 0 saturated carbocycles. The molecule has 13 nitrogen and oxygen atoms in total. The zero-order chi connectivity index (χ0) is 26.0. The van der Waals surface area contributed by atoms with E-state index in [-0.39, 0.29) is 13.1 Å². The van der Waals surface area contributed by atoms with Gasteiger partial charge in [0.25, 0.3) is 5.88 Å². The van der Waals surface area contributed by atoms with Crippen molar-refractivity contribution in [1.29, 1.82) is 0 Å². The quantitative estimate of drug-likeness (QED) is 0.414. The van der Waals surface area contributed by atoms with Crippen molar-refractivity contribution in [2.24, 2.45) is 12.8 Å². The number of fused-ring (bicyclic) bond motifs is 1. The van der Waals surface area contributed by atoms with Crippen LogP contribution in [0.4, 0.5) is 26.6 Å². The molecule has 0 aliphatic carbocycles. The second-order valence-electron chi connectivity index (χ2n) is 9.66. The van der Waals surface area contributed by atoms with Crippen molar-refractivity contribution in [1.82, 2.24) is 34.6 Å². The Kier molecular flexibility index (Phi) is 7.15. The van der Waals surface area contributed by atoms with Crippen LogP contribution in [-0.4, -0.2) is 80.0 Å². The molecular weight excluding hydrogens is 471 g/mol. The largest absolute Gasteiger partial charge is 0.478 e. The minimum Gasteiger partial charge on any atom is -0.478 e. The zero-order valence-electron chi connectivity index (χ0n) is 21.2. The van der Waals surface area contributed by atoms with Crippen molar-refractivity contribution >= 4 is 34.7 Å². The first-order valence-corrected chi connectivity index (χ1v) is 11.7. The predicted octanol–water partition coefficient (Wildman–Crippen LogP) is 1.71. The summed E-state index contributed by atoms with van der Waals surface area (Å²) in [5.41, 5.74) is 6.64. The fourth-order valence-corrected chi connectivity index (χ4v) is 3.88. The van der Waals surface area contributed by atoms with E-state index in [0.717, 1.165) is 6.42 Å². The monoisotopic (exact) mass is 504 g/mol. The smallest absolute Gasteiger partial charge is 0.408 e. The molecule has 14 heteroatoms.